The molecule has 0 saturated heterocycles. The van der Waals surface area contributed by atoms with Crippen LogP contribution in [0.3, 0.4) is 0 Å². The van der Waals surface area contributed by atoms with E-state index in [1.165, 1.54) is 0 Å². The number of rotatable bonds is 4. The van der Waals surface area contributed by atoms with Crippen molar-refractivity contribution < 1.29 is 5.11 Å². The van der Waals surface area contributed by atoms with E-state index in [0.29, 0.717) is 6.54 Å². The average molecular weight is 259 g/mol. The maximum atomic E-state index is 10.1. The smallest absolute Gasteiger partial charge is 0.0945 e. The van der Waals surface area contributed by atoms with E-state index in [1.54, 1.807) is 10.9 Å². The van der Waals surface area contributed by atoms with Crippen molar-refractivity contribution >= 4 is 0 Å². The lowest BCUT2D eigenvalue weighted by molar-refractivity contribution is 0.163. The molecule has 0 fully saturated rings. The summed E-state index contributed by atoms with van der Waals surface area (Å²) in [4.78, 5) is 0. The van der Waals surface area contributed by atoms with Gasteiger partial charge in [-0.1, -0.05) is 18.2 Å². The lowest BCUT2D eigenvalue weighted by atomic mass is 10.1. The van der Waals surface area contributed by atoms with Crippen LogP contribution in [0.2, 0.25) is 0 Å². The van der Waals surface area contributed by atoms with Gasteiger partial charge in [-0.3, -0.25) is 0 Å². The van der Waals surface area contributed by atoms with Gasteiger partial charge < -0.3 is 10.4 Å². The van der Waals surface area contributed by atoms with Gasteiger partial charge >= 0.3 is 0 Å². The molecule has 0 saturated carbocycles. The summed E-state index contributed by atoms with van der Waals surface area (Å²) >= 11 is 0. The maximum absolute atomic E-state index is 10.1. The summed E-state index contributed by atoms with van der Waals surface area (Å²) in [5.74, 6) is 0. The largest absolute Gasteiger partial charge is 0.387 e. The molecule has 1 aromatic heterocycles. The first-order valence-corrected chi connectivity index (χ1v) is 6.49. The first-order valence-electron chi connectivity index (χ1n) is 6.49. The number of nitrogens with one attached hydrogen (secondary N) is 1. The van der Waals surface area contributed by atoms with Crippen molar-refractivity contribution in [2.45, 2.75) is 32.4 Å². The van der Waals surface area contributed by atoms with Gasteiger partial charge in [0, 0.05) is 23.8 Å². The molecule has 19 heavy (non-hydrogen) atoms. The van der Waals surface area contributed by atoms with Gasteiger partial charge in [-0.2, -0.15) is 5.10 Å². The zero-order valence-electron chi connectivity index (χ0n) is 11.7. The van der Waals surface area contributed by atoms with E-state index in [-0.39, 0.29) is 5.54 Å². The molecule has 2 rings (SSSR count). The van der Waals surface area contributed by atoms with Gasteiger partial charge in [0.1, 0.15) is 0 Å². The molecule has 2 N–H and O–H groups in total. The van der Waals surface area contributed by atoms with Gasteiger partial charge in [-0.05, 0) is 32.9 Å². The highest BCUT2D eigenvalue weighted by atomic mass is 16.3. The Labute approximate surface area is 114 Å². The molecule has 102 valence electrons. The van der Waals surface area contributed by atoms with Crippen molar-refractivity contribution in [3.8, 4) is 5.69 Å². The van der Waals surface area contributed by atoms with Crippen LogP contribution in [-0.4, -0.2) is 27.0 Å². The summed E-state index contributed by atoms with van der Waals surface area (Å²) in [5.41, 5.74) is 1.81. The van der Waals surface area contributed by atoms with Crippen LogP contribution >= 0.6 is 0 Å². The number of hydrogen-bond donors (Lipinski definition) is 2. The molecule has 0 spiro atoms. The predicted octanol–water partition coefficient (Wildman–Crippen LogP) is 2.29. The summed E-state index contributed by atoms with van der Waals surface area (Å²) < 4.78 is 1.77. The number of β-amino-alcohol motifs (C(OH)–C–C–N with tert-alkyl or cyclic N) is 1. The van der Waals surface area contributed by atoms with Gasteiger partial charge in [0.05, 0.1) is 18.0 Å². The Hall–Kier alpha value is -1.65. The summed E-state index contributed by atoms with van der Waals surface area (Å²) in [6.45, 7) is 6.75. The Morgan fingerprint density at radius 1 is 1.26 bits per heavy atom. The van der Waals surface area contributed by atoms with E-state index < -0.39 is 6.10 Å². The lowest BCUT2D eigenvalue weighted by Crippen LogP contribution is -2.38. The van der Waals surface area contributed by atoms with E-state index >= 15 is 0 Å². The van der Waals surface area contributed by atoms with Crippen LogP contribution < -0.4 is 5.32 Å². The fourth-order valence-corrected chi connectivity index (χ4v) is 1.75. The second-order valence-electron chi connectivity index (χ2n) is 5.70. The molecule has 0 amide bonds. The second-order valence-corrected chi connectivity index (χ2v) is 5.70. The molecule has 0 aliphatic heterocycles. The molecule has 0 aliphatic rings. The second kappa shape index (κ2) is 5.55. The molecule has 1 atom stereocenters. The van der Waals surface area contributed by atoms with Crippen molar-refractivity contribution in [3.05, 3.63) is 48.3 Å². The van der Waals surface area contributed by atoms with Gasteiger partial charge in [0.15, 0.2) is 0 Å². The standard InChI is InChI=1S/C15H21N3O/c1-15(2,3)16-10-14(19)12-9-17-18(11-12)13-7-5-4-6-8-13/h4-9,11,14,16,19H,10H2,1-3H3. The maximum Gasteiger partial charge on any atom is 0.0945 e. The van der Waals surface area contributed by atoms with Crippen LogP contribution in [0.15, 0.2) is 42.7 Å². The number of hydrogen-bond acceptors (Lipinski definition) is 3. The Morgan fingerprint density at radius 2 is 1.95 bits per heavy atom. The fraction of sp³-hybridized carbons (Fsp3) is 0.400. The van der Waals surface area contributed by atoms with Gasteiger partial charge in [-0.15, -0.1) is 0 Å². The van der Waals surface area contributed by atoms with E-state index in [1.807, 2.05) is 36.5 Å². The van der Waals surface area contributed by atoms with E-state index in [9.17, 15) is 5.11 Å². The number of aromatic nitrogens is 2. The number of aliphatic hydroxyl groups excluding tert-OH is 1. The predicted molar refractivity (Wildman–Crippen MR) is 76.3 cm³/mol. The van der Waals surface area contributed by atoms with Crippen molar-refractivity contribution in [2.24, 2.45) is 0 Å². The molecule has 4 heteroatoms. The summed E-state index contributed by atoms with van der Waals surface area (Å²) in [7, 11) is 0. The third kappa shape index (κ3) is 3.91. The molecule has 4 nitrogen and oxygen atoms in total. The summed E-state index contributed by atoms with van der Waals surface area (Å²) in [6.07, 6.45) is 3.03. The van der Waals surface area contributed by atoms with E-state index in [0.717, 1.165) is 11.3 Å². The molecule has 1 aromatic carbocycles. The zero-order chi connectivity index (χ0) is 13.9. The monoisotopic (exact) mass is 259 g/mol. The van der Waals surface area contributed by atoms with E-state index in [2.05, 4.69) is 31.2 Å². The highest BCUT2D eigenvalue weighted by Crippen LogP contribution is 2.15. The molecule has 0 aliphatic carbocycles. The molecule has 0 bridgehead atoms. The van der Waals surface area contributed by atoms with Crippen molar-refractivity contribution in [2.75, 3.05) is 6.54 Å². The molecular weight excluding hydrogens is 238 g/mol. The number of benzene rings is 1. The molecule has 2 aromatic rings. The van der Waals surface area contributed by atoms with Crippen LogP contribution in [0.4, 0.5) is 0 Å². The number of aliphatic hydroxyl groups is 1. The Bertz CT molecular complexity index is 514. The van der Waals surface area contributed by atoms with Gasteiger partial charge in [0.25, 0.3) is 0 Å². The van der Waals surface area contributed by atoms with Crippen LogP contribution in [0.5, 0.6) is 0 Å². The minimum absolute atomic E-state index is 0.00357. The van der Waals surface area contributed by atoms with Crippen molar-refractivity contribution in [3.63, 3.8) is 0 Å². The SMILES string of the molecule is CC(C)(C)NCC(O)c1cnn(-c2ccccc2)c1. The highest BCUT2D eigenvalue weighted by molar-refractivity contribution is 5.31. The fourth-order valence-electron chi connectivity index (χ4n) is 1.75. The minimum atomic E-state index is -0.545. The molecule has 0 radical (unpaired) electrons. The van der Waals surface area contributed by atoms with Gasteiger partial charge in [0.2, 0.25) is 0 Å². The van der Waals surface area contributed by atoms with Crippen LogP contribution in [-0.2, 0) is 0 Å². The summed E-state index contributed by atoms with van der Waals surface area (Å²) in [5, 5.41) is 17.7. The molecule has 1 unspecified atom stereocenters. The van der Waals surface area contributed by atoms with Crippen LogP contribution in [0.25, 0.3) is 5.69 Å². The first kappa shape index (κ1) is 13.8. The zero-order valence-corrected chi connectivity index (χ0v) is 11.7. The summed E-state index contributed by atoms with van der Waals surface area (Å²) in [6, 6.07) is 9.87. The Morgan fingerprint density at radius 3 is 2.58 bits per heavy atom. The number of nitrogens with zero attached hydrogens (tertiary/aromatic N) is 2. The van der Waals surface area contributed by atoms with Crippen molar-refractivity contribution in [1.82, 2.24) is 15.1 Å². The normalized spacial score (nSPS) is 13.5. The van der Waals surface area contributed by atoms with Crippen molar-refractivity contribution in [1.29, 1.82) is 0 Å². The Balaban J connectivity index is 2.05. The molecule has 1 heterocycles. The lowest BCUT2D eigenvalue weighted by Gasteiger charge is -2.22. The van der Waals surface area contributed by atoms with Gasteiger partial charge in [-0.25, -0.2) is 4.68 Å². The van der Waals surface area contributed by atoms with Crippen LogP contribution in [0, 0.1) is 0 Å². The highest BCUT2D eigenvalue weighted by Gasteiger charge is 2.15. The Kier molecular flexibility index (Phi) is 4.02. The third-order valence-electron chi connectivity index (χ3n) is 2.83. The third-order valence-corrected chi connectivity index (χ3v) is 2.83. The topological polar surface area (TPSA) is 50.1 Å². The minimum Gasteiger partial charge on any atom is -0.387 e. The quantitative estimate of drug-likeness (QED) is 0.885. The first-order chi connectivity index (χ1) is 8.96. The number of para-hydroxylation sites is 1. The van der Waals surface area contributed by atoms with E-state index in [4.69, 9.17) is 0 Å². The average Bonchev–Trinajstić information content (AvgIpc) is 2.86. The molecular formula is C15H21N3O. The van der Waals surface area contributed by atoms with Crippen LogP contribution in [0.1, 0.15) is 32.4 Å².